The smallest absolute Gasteiger partial charge is 0.254 e. The van der Waals surface area contributed by atoms with E-state index in [1.807, 2.05) is 0 Å². The molecule has 3 nitrogen and oxygen atoms in total. The Morgan fingerprint density at radius 1 is 1.39 bits per heavy atom. The molecule has 1 fully saturated rings. The first-order chi connectivity index (χ1) is 8.58. The van der Waals surface area contributed by atoms with Crippen LogP contribution in [0, 0.1) is 5.82 Å². The second-order valence-electron chi connectivity index (χ2n) is 4.56. The number of nitrogens with one attached hydrogen (secondary N) is 1. The summed E-state index contributed by atoms with van der Waals surface area (Å²) in [4.78, 5) is 11.9. The van der Waals surface area contributed by atoms with Gasteiger partial charge in [-0.3, -0.25) is 4.79 Å². The highest BCUT2D eigenvalue weighted by Crippen LogP contribution is 2.20. The number of amides is 1. The Balaban J connectivity index is 2.07. The predicted molar refractivity (Wildman–Crippen MR) is 69.8 cm³/mol. The monoisotopic (exact) mass is 315 g/mol. The van der Waals surface area contributed by atoms with E-state index in [4.69, 9.17) is 0 Å². The largest absolute Gasteiger partial charge is 0.391 e. The Morgan fingerprint density at radius 3 is 2.78 bits per heavy atom. The topological polar surface area (TPSA) is 49.3 Å². The molecule has 0 saturated heterocycles. The highest BCUT2D eigenvalue weighted by atomic mass is 79.9. The summed E-state index contributed by atoms with van der Waals surface area (Å²) in [5.41, 5.74) is 0.0102. The van der Waals surface area contributed by atoms with Gasteiger partial charge in [0.1, 0.15) is 5.82 Å². The minimum Gasteiger partial charge on any atom is -0.391 e. The Hall–Kier alpha value is -0.940. The molecule has 0 radical (unpaired) electrons. The lowest BCUT2D eigenvalue weighted by molar-refractivity contribution is 0.0714. The fraction of sp³-hybridized carbons (Fsp3) is 0.462. The van der Waals surface area contributed by atoms with E-state index in [0.717, 1.165) is 19.3 Å². The molecule has 0 bridgehead atoms. The van der Waals surface area contributed by atoms with Crippen LogP contribution < -0.4 is 5.32 Å². The first-order valence-electron chi connectivity index (χ1n) is 6.02. The molecule has 1 saturated carbocycles. The molecule has 0 heterocycles. The second-order valence-corrected chi connectivity index (χ2v) is 5.47. The molecule has 1 aromatic carbocycles. The zero-order valence-electron chi connectivity index (χ0n) is 9.83. The van der Waals surface area contributed by atoms with Crippen LogP contribution in [-0.2, 0) is 0 Å². The predicted octanol–water partition coefficient (Wildman–Crippen LogP) is 2.62. The van der Waals surface area contributed by atoms with Gasteiger partial charge in [-0.25, -0.2) is 4.39 Å². The standard InChI is InChI=1S/C13H15BrFNO2/c14-8-5-6-9(10(15)7-8)13(18)16-11-3-1-2-4-12(11)17/h5-7,11-12,17H,1-4H2,(H,16,18)/t11-,12-/m0/s1. The van der Waals surface area contributed by atoms with Crippen molar-refractivity contribution in [3.8, 4) is 0 Å². The first kappa shape index (κ1) is 13.5. The lowest BCUT2D eigenvalue weighted by atomic mass is 9.92. The van der Waals surface area contributed by atoms with Crippen molar-refractivity contribution >= 4 is 21.8 Å². The molecule has 1 amide bonds. The first-order valence-corrected chi connectivity index (χ1v) is 6.81. The molecule has 1 aliphatic rings. The van der Waals surface area contributed by atoms with Gasteiger partial charge in [0.2, 0.25) is 0 Å². The number of carbonyl (C=O) groups is 1. The molecule has 98 valence electrons. The fourth-order valence-electron chi connectivity index (χ4n) is 2.20. The summed E-state index contributed by atoms with van der Waals surface area (Å²) in [6, 6.07) is 4.04. The van der Waals surface area contributed by atoms with Crippen LogP contribution in [0.1, 0.15) is 36.0 Å². The van der Waals surface area contributed by atoms with Crippen LogP contribution in [0.4, 0.5) is 4.39 Å². The molecule has 2 rings (SSSR count). The van der Waals surface area contributed by atoms with E-state index in [-0.39, 0.29) is 11.6 Å². The molecule has 2 atom stereocenters. The maximum absolute atomic E-state index is 13.6. The minimum atomic E-state index is -0.563. The number of rotatable bonds is 2. The summed E-state index contributed by atoms with van der Waals surface area (Å²) in [7, 11) is 0. The SMILES string of the molecule is O=C(N[C@H]1CCCC[C@@H]1O)c1ccc(Br)cc1F. The number of halogens is 2. The molecule has 5 heteroatoms. The molecule has 0 aliphatic heterocycles. The number of hydrogen-bond donors (Lipinski definition) is 2. The maximum Gasteiger partial charge on any atom is 0.254 e. The van der Waals surface area contributed by atoms with Gasteiger partial charge in [0.15, 0.2) is 0 Å². The van der Waals surface area contributed by atoms with Crippen molar-refractivity contribution < 1.29 is 14.3 Å². The Morgan fingerprint density at radius 2 is 2.11 bits per heavy atom. The van der Waals surface area contributed by atoms with Gasteiger partial charge in [-0.05, 0) is 31.0 Å². The van der Waals surface area contributed by atoms with Crippen LogP contribution in [0.2, 0.25) is 0 Å². The van der Waals surface area contributed by atoms with Crippen LogP contribution in [0.25, 0.3) is 0 Å². The normalized spacial score (nSPS) is 23.7. The summed E-state index contributed by atoms with van der Waals surface area (Å²) in [5, 5.41) is 12.5. The van der Waals surface area contributed by atoms with E-state index in [0.29, 0.717) is 10.9 Å². The van der Waals surface area contributed by atoms with Gasteiger partial charge in [-0.1, -0.05) is 28.8 Å². The average Bonchev–Trinajstić information content (AvgIpc) is 2.32. The van der Waals surface area contributed by atoms with E-state index in [1.54, 1.807) is 6.07 Å². The number of aliphatic hydroxyl groups is 1. The third-order valence-corrected chi connectivity index (χ3v) is 3.71. The molecule has 0 aromatic heterocycles. The summed E-state index contributed by atoms with van der Waals surface area (Å²) in [5.74, 6) is -1.03. The van der Waals surface area contributed by atoms with Crippen molar-refractivity contribution in [3.05, 3.63) is 34.1 Å². The zero-order chi connectivity index (χ0) is 13.1. The second kappa shape index (κ2) is 5.80. The van der Waals surface area contributed by atoms with Crippen LogP contribution in [-0.4, -0.2) is 23.2 Å². The molecule has 18 heavy (non-hydrogen) atoms. The quantitative estimate of drug-likeness (QED) is 0.881. The number of benzene rings is 1. The van der Waals surface area contributed by atoms with Crippen LogP contribution >= 0.6 is 15.9 Å². The summed E-state index contributed by atoms with van der Waals surface area (Å²) < 4.78 is 14.2. The number of carbonyl (C=O) groups excluding carboxylic acids is 1. The molecule has 1 aliphatic carbocycles. The third kappa shape index (κ3) is 3.09. The van der Waals surface area contributed by atoms with E-state index >= 15 is 0 Å². The molecule has 1 aromatic rings. The Kier molecular flexibility index (Phi) is 4.35. The summed E-state index contributed by atoms with van der Waals surface area (Å²) in [6.45, 7) is 0. The van der Waals surface area contributed by atoms with Crippen molar-refractivity contribution in [1.29, 1.82) is 0 Å². The lowest BCUT2D eigenvalue weighted by Crippen LogP contribution is -2.45. The van der Waals surface area contributed by atoms with Gasteiger partial charge >= 0.3 is 0 Å². The van der Waals surface area contributed by atoms with Crippen molar-refractivity contribution in [2.75, 3.05) is 0 Å². The van der Waals surface area contributed by atoms with Gasteiger partial charge in [0.05, 0.1) is 17.7 Å². The van der Waals surface area contributed by atoms with E-state index in [1.165, 1.54) is 12.1 Å². The molecule has 2 N–H and O–H groups in total. The lowest BCUT2D eigenvalue weighted by Gasteiger charge is -2.28. The van der Waals surface area contributed by atoms with Gasteiger partial charge in [0, 0.05) is 4.47 Å². The van der Waals surface area contributed by atoms with Crippen molar-refractivity contribution in [1.82, 2.24) is 5.32 Å². The number of aliphatic hydroxyl groups excluding tert-OH is 1. The zero-order valence-corrected chi connectivity index (χ0v) is 11.4. The fourth-order valence-corrected chi connectivity index (χ4v) is 2.53. The van der Waals surface area contributed by atoms with E-state index < -0.39 is 17.8 Å². The van der Waals surface area contributed by atoms with Gasteiger partial charge in [-0.2, -0.15) is 0 Å². The molecular weight excluding hydrogens is 301 g/mol. The van der Waals surface area contributed by atoms with E-state index in [2.05, 4.69) is 21.2 Å². The minimum absolute atomic E-state index is 0.0102. The molecule has 0 spiro atoms. The average molecular weight is 316 g/mol. The highest BCUT2D eigenvalue weighted by Gasteiger charge is 2.25. The van der Waals surface area contributed by atoms with Crippen LogP contribution in [0.5, 0.6) is 0 Å². The summed E-state index contributed by atoms with van der Waals surface area (Å²) in [6.07, 6.45) is 2.85. The van der Waals surface area contributed by atoms with E-state index in [9.17, 15) is 14.3 Å². The van der Waals surface area contributed by atoms with Gasteiger partial charge < -0.3 is 10.4 Å². The maximum atomic E-state index is 13.6. The summed E-state index contributed by atoms with van der Waals surface area (Å²) >= 11 is 3.14. The third-order valence-electron chi connectivity index (χ3n) is 3.22. The van der Waals surface area contributed by atoms with Gasteiger partial charge in [-0.15, -0.1) is 0 Å². The van der Waals surface area contributed by atoms with Crippen LogP contribution in [0.15, 0.2) is 22.7 Å². The van der Waals surface area contributed by atoms with Crippen molar-refractivity contribution in [3.63, 3.8) is 0 Å². The molecule has 0 unspecified atom stereocenters. The molecular formula is C13H15BrFNO2. The van der Waals surface area contributed by atoms with Gasteiger partial charge in [0.25, 0.3) is 5.91 Å². The van der Waals surface area contributed by atoms with Crippen LogP contribution in [0.3, 0.4) is 0 Å². The van der Waals surface area contributed by atoms with Crippen molar-refractivity contribution in [2.24, 2.45) is 0 Å². The highest BCUT2D eigenvalue weighted by molar-refractivity contribution is 9.10. The van der Waals surface area contributed by atoms with Crippen molar-refractivity contribution in [2.45, 2.75) is 37.8 Å². The Labute approximate surface area is 114 Å². The number of hydrogen-bond acceptors (Lipinski definition) is 2. The Bertz CT molecular complexity index is 453.